The number of anilines is 1. The Labute approximate surface area is 212 Å². The van der Waals surface area contributed by atoms with Crippen molar-refractivity contribution < 1.29 is 13.1 Å². The predicted molar refractivity (Wildman–Crippen MR) is 134 cm³/mol. The minimum absolute atomic E-state index is 0.0735. The molecule has 184 valence electrons. The van der Waals surface area contributed by atoms with Gasteiger partial charge in [0.2, 0.25) is 0 Å². The molecule has 0 saturated heterocycles. The van der Waals surface area contributed by atoms with Gasteiger partial charge < -0.3 is 4.90 Å². The number of Topliss-reactive ketones (excluding diaryl/α,β-unsaturated/α-hetero) is 1. The normalized spacial score (nSPS) is 11.5. The van der Waals surface area contributed by atoms with Gasteiger partial charge in [-0.25, -0.2) is 22.8 Å². The number of aromatic nitrogens is 6. The lowest BCUT2D eigenvalue weighted by atomic mass is 10.1. The van der Waals surface area contributed by atoms with Crippen LogP contribution in [-0.2, 0) is 6.54 Å². The van der Waals surface area contributed by atoms with Crippen molar-refractivity contribution >= 4 is 52.1 Å². The lowest BCUT2D eigenvalue weighted by Gasteiger charge is -2.24. The Hall–Kier alpha value is -3.77. The van der Waals surface area contributed by atoms with Crippen molar-refractivity contribution in [3.8, 4) is 5.69 Å². The van der Waals surface area contributed by atoms with Crippen LogP contribution >= 0.6 is 23.9 Å². The van der Waals surface area contributed by atoms with Crippen molar-refractivity contribution in [1.29, 1.82) is 0 Å². The fourth-order valence-corrected chi connectivity index (χ4v) is 4.69. The van der Waals surface area contributed by atoms with Crippen LogP contribution in [0.1, 0.15) is 30.0 Å². The molecule has 1 aromatic carbocycles. The average Bonchev–Trinajstić information content (AvgIpc) is 3.44. The summed E-state index contributed by atoms with van der Waals surface area (Å²) in [5.74, 6) is -0.0342. The smallest absolute Gasteiger partial charge is 0.284 e. The summed E-state index contributed by atoms with van der Waals surface area (Å²) in [5.41, 5.74) is 0.647. The van der Waals surface area contributed by atoms with E-state index in [1.165, 1.54) is 52.8 Å². The third-order valence-electron chi connectivity index (χ3n) is 5.79. The highest BCUT2D eigenvalue weighted by Crippen LogP contribution is 2.32. The average molecular weight is 530 g/mol. The van der Waals surface area contributed by atoms with E-state index in [0.717, 1.165) is 3.97 Å². The molecule has 0 amide bonds. The quantitative estimate of drug-likeness (QED) is 0.284. The highest BCUT2D eigenvalue weighted by atomic mass is 35.5. The summed E-state index contributed by atoms with van der Waals surface area (Å²) in [6.45, 7) is 3.73. The van der Waals surface area contributed by atoms with Gasteiger partial charge in [0.15, 0.2) is 29.6 Å². The van der Waals surface area contributed by atoms with Crippen LogP contribution in [0.15, 0.2) is 53.8 Å². The standard InChI is InChI=1S/C23H18ClF2N7O2S/c1-3-30(21-19-16(13(2)34)10-32(36-26)22(19)28-12-27-21)11-18-29-31-9-8-17(24)20(31)23(35)33(18)15-6-4-14(25)5-7-15/h4-10,12H,3,11H2,1-2H3. The van der Waals surface area contributed by atoms with Crippen LogP contribution in [-0.4, -0.2) is 40.4 Å². The number of carbonyl (C=O) groups excluding carboxylic acids is 1. The predicted octanol–water partition coefficient (Wildman–Crippen LogP) is 4.63. The monoisotopic (exact) mass is 529 g/mol. The number of carbonyl (C=O) groups is 1. The maximum absolute atomic E-state index is 13.6. The van der Waals surface area contributed by atoms with Crippen LogP contribution < -0.4 is 10.5 Å². The van der Waals surface area contributed by atoms with Gasteiger partial charge in [-0.1, -0.05) is 11.6 Å². The van der Waals surface area contributed by atoms with Crippen LogP contribution in [0.3, 0.4) is 0 Å². The molecular weight excluding hydrogens is 512 g/mol. The second kappa shape index (κ2) is 9.36. The molecule has 0 saturated carbocycles. The molecule has 36 heavy (non-hydrogen) atoms. The minimum atomic E-state index is -0.450. The number of fused-ring (bicyclic) bond motifs is 2. The lowest BCUT2D eigenvalue weighted by molar-refractivity contribution is 0.101. The lowest BCUT2D eigenvalue weighted by Crippen LogP contribution is -2.32. The summed E-state index contributed by atoms with van der Waals surface area (Å²) >= 11 is 6.17. The number of hydrogen-bond donors (Lipinski definition) is 0. The third kappa shape index (κ3) is 3.91. The Morgan fingerprint density at radius 2 is 1.94 bits per heavy atom. The number of hydrogen-bond acceptors (Lipinski definition) is 7. The van der Waals surface area contributed by atoms with Gasteiger partial charge >= 0.3 is 0 Å². The molecule has 0 radical (unpaired) electrons. The van der Waals surface area contributed by atoms with E-state index in [-0.39, 0.29) is 46.4 Å². The first-order valence-electron chi connectivity index (χ1n) is 10.8. The van der Waals surface area contributed by atoms with Gasteiger partial charge in [0.1, 0.15) is 23.5 Å². The molecule has 4 heterocycles. The van der Waals surface area contributed by atoms with Crippen LogP contribution in [0.25, 0.3) is 22.2 Å². The summed E-state index contributed by atoms with van der Waals surface area (Å²) in [6.07, 6.45) is 4.24. The summed E-state index contributed by atoms with van der Waals surface area (Å²) in [7, 11) is 0. The van der Waals surface area contributed by atoms with Gasteiger partial charge in [0.25, 0.3) is 5.56 Å². The molecule has 0 aliphatic rings. The van der Waals surface area contributed by atoms with Crippen molar-refractivity contribution in [3.63, 3.8) is 0 Å². The van der Waals surface area contributed by atoms with Crippen molar-refractivity contribution in [1.82, 2.24) is 28.1 Å². The highest BCUT2D eigenvalue weighted by molar-refractivity contribution is 7.92. The molecule has 5 rings (SSSR count). The molecule has 0 atom stereocenters. The van der Waals surface area contributed by atoms with Gasteiger partial charge in [-0.05, 0) is 44.2 Å². The zero-order chi connectivity index (χ0) is 25.6. The largest absolute Gasteiger partial charge is 0.349 e. The van der Waals surface area contributed by atoms with E-state index in [1.54, 1.807) is 17.2 Å². The molecule has 0 unspecified atom stereocenters. The molecule has 13 heteroatoms. The van der Waals surface area contributed by atoms with Gasteiger partial charge in [-0.3, -0.25) is 14.2 Å². The Kier molecular flexibility index (Phi) is 6.22. The minimum Gasteiger partial charge on any atom is -0.349 e. The maximum atomic E-state index is 13.6. The molecule has 0 aliphatic carbocycles. The molecule has 5 aromatic rings. The molecule has 0 N–H and O–H groups in total. The summed E-state index contributed by atoms with van der Waals surface area (Å²) in [4.78, 5) is 36.2. The van der Waals surface area contributed by atoms with E-state index in [9.17, 15) is 17.9 Å². The number of halogens is 3. The molecule has 0 aliphatic heterocycles. The van der Waals surface area contributed by atoms with Gasteiger partial charge in [0, 0.05) is 24.5 Å². The first-order chi connectivity index (χ1) is 17.3. The van der Waals surface area contributed by atoms with E-state index < -0.39 is 11.4 Å². The Morgan fingerprint density at radius 1 is 1.19 bits per heavy atom. The fraction of sp³-hybridized carbons (Fsp3) is 0.174. The van der Waals surface area contributed by atoms with E-state index in [2.05, 4.69) is 15.1 Å². The summed E-state index contributed by atoms with van der Waals surface area (Å²) < 4.78 is 31.1. The first-order valence-corrected chi connectivity index (χ1v) is 11.8. The van der Waals surface area contributed by atoms with E-state index in [1.807, 2.05) is 6.92 Å². The zero-order valence-corrected chi connectivity index (χ0v) is 20.6. The molecule has 0 fully saturated rings. The number of benzene rings is 1. The van der Waals surface area contributed by atoms with Crippen molar-refractivity contribution in [2.75, 3.05) is 11.4 Å². The van der Waals surface area contributed by atoms with E-state index >= 15 is 0 Å². The van der Waals surface area contributed by atoms with Crippen molar-refractivity contribution in [3.05, 3.63) is 81.6 Å². The molecule has 9 nitrogen and oxygen atoms in total. The highest BCUT2D eigenvalue weighted by Gasteiger charge is 2.24. The number of rotatable bonds is 7. The second-order valence-corrected chi connectivity index (χ2v) is 8.83. The van der Waals surface area contributed by atoms with E-state index in [0.29, 0.717) is 29.3 Å². The van der Waals surface area contributed by atoms with Crippen molar-refractivity contribution in [2.24, 2.45) is 0 Å². The first kappa shape index (κ1) is 23.9. The molecule has 0 spiro atoms. The molecular formula is C23H18ClF2N7O2S. The zero-order valence-electron chi connectivity index (χ0n) is 19.0. The van der Waals surface area contributed by atoms with Crippen LogP contribution in [0.2, 0.25) is 5.02 Å². The topological polar surface area (TPSA) is 90.3 Å². The third-order valence-corrected chi connectivity index (χ3v) is 6.52. The number of ketones is 1. The Bertz CT molecular complexity index is 1680. The Balaban J connectivity index is 1.72. The maximum Gasteiger partial charge on any atom is 0.284 e. The Morgan fingerprint density at radius 3 is 2.61 bits per heavy atom. The van der Waals surface area contributed by atoms with Crippen molar-refractivity contribution in [2.45, 2.75) is 20.4 Å². The van der Waals surface area contributed by atoms with Crippen LogP contribution in [0.5, 0.6) is 0 Å². The van der Waals surface area contributed by atoms with Crippen LogP contribution in [0.4, 0.5) is 14.1 Å². The fourth-order valence-electron chi connectivity index (χ4n) is 4.12. The van der Waals surface area contributed by atoms with Gasteiger partial charge in [-0.2, -0.15) is 5.10 Å². The van der Waals surface area contributed by atoms with Crippen LogP contribution in [0, 0.1) is 5.82 Å². The molecule has 4 aromatic heterocycles. The van der Waals surface area contributed by atoms with E-state index in [4.69, 9.17) is 11.6 Å². The van der Waals surface area contributed by atoms with Gasteiger partial charge in [0.05, 0.1) is 22.6 Å². The van der Waals surface area contributed by atoms with Gasteiger partial charge in [-0.15, -0.1) is 3.89 Å². The molecule has 0 bridgehead atoms. The number of nitrogens with zero attached hydrogens (tertiary/aromatic N) is 7. The summed E-state index contributed by atoms with van der Waals surface area (Å²) in [6, 6.07) is 7.00. The SMILES string of the molecule is CCN(Cc1nn2ccc(Cl)c2c(=O)n1-c1ccc(F)cc1)c1ncnc2c1c(C(C)=O)cn2SF. The summed E-state index contributed by atoms with van der Waals surface area (Å²) in [5, 5.41) is 5.23. The second-order valence-electron chi connectivity index (χ2n) is 7.89.